The molecule has 2 saturated carbocycles. The Balaban J connectivity index is 1.29. The van der Waals surface area contributed by atoms with Gasteiger partial charge in [0.15, 0.2) is 5.65 Å². The Morgan fingerprint density at radius 3 is 2.08 bits per heavy atom. The van der Waals surface area contributed by atoms with Gasteiger partial charge in [0.25, 0.3) is 12.9 Å². The van der Waals surface area contributed by atoms with Crippen LogP contribution in [0.5, 0.6) is 5.75 Å². The van der Waals surface area contributed by atoms with E-state index in [0.29, 0.717) is 16.2 Å². The number of imidazole rings is 1. The lowest BCUT2D eigenvalue weighted by Crippen LogP contribution is -2.30. The van der Waals surface area contributed by atoms with E-state index in [9.17, 15) is 14.2 Å². The molecule has 2 N–H and O–H groups in total. The van der Waals surface area contributed by atoms with Crippen molar-refractivity contribution in [2.45, 2.75) is 106 Å². The van der Waals surface area contributed by atoms with E-state index in [0.717, 1.165) is 62.0 Å². The molecule has 2 aliphatic rings. The normalized spacial score (nSPS) is 18.7. The Labute approximate surface area is 281 Å². The monoisotopic (exact) mass is 709 g/mol. The van der Waals surface area contributed by atoms with Crippen LogP contribution in [-0.2, 0) is 53.4 Å². The molecule has 0 spiro atoms. The Morgan fingerprint density at radius 1 is 0.958 bits per heavy atom. The van der Waals surface area contributed by atoms with Crippen molar-refractivity contribution in [1.82, 2.24) is 19.5 Å². The van der Waals surface area contributed by atoms with E-state index in [-0.39, 0.29) is 37.6 Å². The van der Waals surface area contributed by atoms with E-state index in [1.165, 1.54) is 11.8 Å². The van der Waals surface area contributed by atoms with Crippen LogP contribution in [0.2, 0.25) is 0 Å². The number of hydrogen-bond acceptors (Lipinski definition) is 16. The predicted octanol–water partition coefficient (Wildman–Crippen LogP) is 4.99. The summed E-state index contributed by atoms with van der Waals surface area (Å²) >= 11 is 1.38. The highest BCUT2D eigenvalue weighted by Crippen LogP contribution is 2.52. The van der Waals surface area contributed by atoms with Crippen LogP contribution < -0.4 is 10.5 Å². The molecule has 3 unspecified atom stereocenters. The molecule has 0 radical (unpaired) electrons. The van der Waals surface area contributed by atoms with Gasteiger partial charge in [0, 0.05) is 4.90 Å². The summed E-state index contributed by atoms with van der Waals surface area (Å²) in [6.45, 7) is -1.12. The first-order chi connectivity index (χ1) is 23.3. The molecule has 0 aliphatic heterocycles. The number of carbonyl (C=O) groups is 2. The molecule has 3 aromatic rings. The number of ether oxygens (including phenoxy) is 6. The molecule has 48 heavy (non-hydrogen) atoms. The highest BCUT2D eigenvalue weighted by Gasteiger charge is 2.38. The molecule has 1 aromatic carbocycles. The van der Waals surface area contributed by atoms with Crippen molar-refractivity contribution < 1.29 is 51.6 Å². The van der Waals surface area contributed by atoms with Crippen molar-refractivity contribution in [2.24, 2.45) is 0 Å². The minimum absolute atomic E-state index is 0.0621. The van der Waals surface area contributed by atoms with Crippen molar-refractivity contribution in [1.29, 1.82) is 0 Å². The maximum atomic E-state index is 14.2. The Bertz CT molecular complexity index is 1500. The number of rotatable bonds is 20. The second-order valence-electron chi connectivity index (χ2n) is 11.3. The Hall–Kier alpha value is -3.31. The van der Waals surface area contributed by atoms with Crippen LogP contribution in [0.4, 0.5) is 5.95 Å². The zero-order valence-corrected chi connectivity index (χ0v) is 28.4. The number of benzene rings is 1. The van der Waals surface area contributed by atoms with Gasteiger partial charge in [-0.25, -0.2) is 19.0 Å². The van der Waals surface area contributed by atoms with E-state index >= 15 is 0 Å². The topological polar surface area (TPSA) is 195 Å². The van der Waals surface area contributed by atoms with Gasteiger partial charge >= 0.3 is 20.5 Å². The first-order valence-electron chi connectivity index (χ1n) is 15.6. The number of aromatic nitrogens is 4. The largest absolute Gasteiger partial charge is 0.497 e. The van der Waals surface area contributed by atoms with Gasteiger partial charge in [0.2, 0.25) is 5.95 Å². The number of nitrogen functional groups attached to an aromatic ring is 1. The standard InChI is InChI=1S/C30H40N5O11PS/c1-20(15-35-16-32-25-26(35)33-28(31)34-27(25)48-24-13-11-21(39-2)12-14-24)42-19-47(38,45-29(40-17-36)43-22-7-3-4-8-22)46-30(41-18-37)44-23-9-5-6-10-23/h11-14,16-18,20,22-23,29-30H,3-10,15,19H2,1-2H3,(H2,31,33,34). The zero-order chi connectivity index (χ0) is 33.9. The fourth-order valence-corrected chi connectivity index (χ4v) is 7.62. The second kappa shape index (κ2) is 17.4. The predicted molar refractivity (Wildman–Crippen MR) is 171 cm³/mol. The smallest absolute Gasteiger partial charge is 0.365 e. The summed E-state index contributed by atoms with van der Waals surface area (Å²) in [5.74, 6) is 0.790. The lowest BCUT2D eigenvalue weighted by atomic mass is 10.3. The quantitative estimate of drug-likeness (QED) is 0.0713. The third-order valence-electron chi connectivity index (χ3n) is 7.73. The van der Waals surface area contributed by atoms with E-state index < -0.39 is 33.0 Å². The summed E-state index contributed by atoms with van der Waals surface area (Å²) in [5.41, 5.74) is 7.07. The van der Waals surface area contributed by atoms with Gasteiger partial charge in [0.1, 0.15) is 22.6 Å². The van der Waals surface area contributed by atoms with Crippen molar-refractivity contribution >= 4 is 49.4 Å². The minimum Gasteiger partial charge on any atom is -0.497 e. The Kier molecular flexibility index (Phi) is 13.0. The van der Waals surface area contributed by atoms with Gasteiger partial charge in [-0.05, 0) is 56.9 Å². The number of methoxy groups -OCH3 is 1. The summed E-state index contributed by atoms with van der Waals surface area (Å²) in [4.78, 5) is 36.8. The molecule has 0 bridgehead atoms. The molecule has 5 rings (SSSR count). The molecule has 3 atom stereocenters. The van der Waals surface area contributed by atoms with Crippen molar-refractivity contribution in [3.05, 3.63) is 30.6 Å². The minimum atomic E-state index is -4.38. The van der Waals surface area contributed by atoms with Crippen LogP contribution in [0, 0.1) is 0 Å². The lowest BCUT2D eigenvalue weighted by Gasteiger charge is -2.28. The van der Waals surface area contributed by atoms with Gasteiger partial charge in [-0.3, -0.25) is 14.2 Å². The van der Waals surface area contributed by atoms with E-state index in [2.05, 4.69) is 15.0 Å². The zero-order valence-electron chi connectivity index (χ0n) is 26.7. The van der Waals surface area contributed by atoms with Crippen molar-refractivity contribution in [3.63, 3.8) is 0 Å². The molecular formula is C30H40N5O11PS. The summed E-state index contributed by atoms with van der Waals surface area (Å²) in [6, 6.07) is 7.48. The number of nitrogens with two attached hydrogens (primary N) is 1. The van der Waals surface area contributed by atoms with Gasteiger partial charge < -0.3 is 38.7 Å². The fourth-order valence-electron chi connectivity index (χ4n) is 5.41. The third kappa shape index (κ3) is 10.1. The second-order valence-corrected chi connectivity index (χ2v) is 14.3. The third-order valence-corrected chi connectivity index (χ3v) is 10.2. The molecule has 2 aliphatic carbocycles. The molecule has 0 amide bonds. The maximum Gasteiger partial charge on any atom is 0.365 e. The number of nitrogens with zero attached hydrogens (tertiary/aromatic N) is 4. The molecule has 16 nitrogen and oxygen atoms in total. The van der Waals surface area contributed by atoms with Crippen LogP contribution in [0.25, 0.3) is 11.2 Å². The number of anilines is 1. The molecular weight excluding hydrogens is 669 g/mol. The van der Waals surface area contributed by atoms with Crippen molar-refractivity contribution in [3.8, 4) is 5.75 Å². The van der Waals surface area contributed by atoms with Crippen LogP contribution in [0.3, 0.4) is 0 Å². The summed E-state index contributed by atoms with van der Waals surface area (Å²) in [6.07, 6.45) is 6.39. The average molecular weight is 710 g/mol. The van der Waals surface area contributed by atoms with Gasteiger partial charge in [0.05, 0.1) is 38.3 Å². The number of carbonyl (C=O) groups excluding carboxylic acids is 2. The highest BCUT2D eigenvalue weighted by molar-refractivity contribution is 7.99. The molecule has 2 heterocycles. The van der Waals surface area contributed by atoms with Crippen LogP contribution in [0.1, 0.15) is 58.3 Å². The summed E-state index contributed by atoms with van der Waals surface area (Å²) in [7, 11) is -2.78. The number of hydrogen-bond donors (Lipinski definition) is 1. The van der Waals surface area contributed by atoms with Crippen LogP contribution in [0.15, 0.2) is 40.5 Å². The SMILES string of the molecule is COc1ccc(Sc2nc(N)nc3c2ncn3CC(C)OCP(=O)(OC(OC=O)OC2CCCC2)OC(OC=O)OC2CCCC2)cc1. The highest BCUT2D eigenvalue weighted by atomic mass is 32.2. The van der Waals surface area contributed by atoms with E-state index in [1.54, 1.807) is 24.9 Å². The lowest BCUT2D eigenvalue weighted by molar-refractivity contribution is -0.271. The summed E-state index contributed by atoms with van der Waals surface area (Å²) in [5, 5.41) is 0.563. The summed E-state index contributed by atoms with van der Waals surface area (Å²) < 4.78 is 59.8. The molecule has 18 heteroatoms. The first-order valence-corrected chi connectivity index (χ1v) is 18.2. The average Bonchev–Trinajstić information content (AvgIpc) is 3.85. The Morgan fingerprint density at radius 2 is 1.54 bits per heavy atom. The fraction of sp³-hybridized carbons (Fsp3) is 0.567. The van der Waals surface area contributed by atoms with Crippen molar-refractivity contribution in [2.75, 3.05) is 19.2 Å². The van der Waals surface area contributed by atoms with Gasteiger partial charge in [-0.1, -0.05) is 37.4 Å². The van der Waals surface area contributed by atoms with Crippen LogP contribution >= 0.6 is 19.4 Å². The molecule has 2 aromatic heterocycles. The van der Waals surface area contributed by atoms with E-state index in [4.69, 9.17) is 43.2 Å². The van der Waals surface area contributed by atoms with Gasteiger partial charge in [-0.2, -0.15) is 4.98 Å². The molecule has 262 valence electrons. The molecule has 2 fully saturated rings. The van der Waals surface area contributed by atoms with Crippen LogP contribution in [-0.4, -0.2) is 77.2 Å². The van der Waals surface area contributed by atoms with E-state index in [1.807, 2.05) is 24.3 Å². The van der Waals surface area contributed by atoms with Gasteiger partial charge in [-0.15, -0.1) is 0 Å². The maximum absolute atomic E-state index is 14.2. The molecule has 0 saturated heterocycles. The number of fused-ring (bicyclic) bond motifs is 1. The first kappa shape index (κ1) is 36.0.